The molecule has 2 unspecified atom stereocenters. The van der Waals surface area contributed by atoms with Gasteiger partial charge in [-0.2, -0.15) is 13.2 Å². The van der Waals surface area contributed by atoms with Crippen molar-refractivity contribution in [2.75, 3.05) is 12.3 Å². The Hall–Kier alpha value is -1.31. The Labute approximate surface area is 102 Å². The highest BCUT2D eigenvalue weighted by atomic mass is 19.4. The lowest BCUT2D eigenvalue weighted by molar-refractivity contribution is -0.136. The Morgan fingerprint density at radius 3 is 2.28 bits per heavy atom. The molecule has 102 valence electrons. The van der Waals surface area contributed by atoms with Gasteiger partial charge in [-0.25, -0.2) is 0 Å². The standard InChI is InChI=1S/C11H15F3N2O2/c12-11(13,14)7-2-1-6(5-8(7)16)10(18)9(17)3-4-15/h1-2,5,9-10,17-18H,3-4,15-16H2. The highest BCUT2D eigenvalue weighted by Gasteiger charge is 2.33. The van der Waals surface area contributed by atoms with E-state index < -0.39 is 29.6 Å². The molecule has 0 saturated heterocycles. The first-order chi connectivity index (χ1) is 8.27. The molecule has 6 N–H and O–H groups in total. The summed E-state index contributed by atoms with van der Waals surface area (Å²) in [6, 6.07) is 2.87. The van der Waals surface area contributed by atoms with Crippen LogP contribution in [-0.4, -0.2) is 22.9 Å². The predicted molar refractivity (Wildman–Crippen MR) is 60.5 cm³/mol. The van der Waals surface area contributed by atoms with Gasteiger partial charge in [0.05, 0.1) is 11.7 Å². The van der Waals surface area contributed by atoms with E-state index in [1.165, 1.54) is 0 Å². The molecule has 0 bridgehead atoms. The Bertz CT molecular complexity index is 410. The van der Waals surface area contributed by atoms with Crippen LogP contribution in [0.1, 0.15) is 23.7 Å². The van der Waals surface area contributed by atoms with Crippen LogP contribution in [0.3, 0.4) is 0 Å². The number of hydrogen-bond donors (Lipinski definition) is 4. The number of benzene rings is 1. The molecule has 18 heavy (non-hydrogen) atoms. The van der Waals surface area contributed by atoms with Gasteiger partial charge in [-0.3, -0.25) is 0 Å². The van der Waals surface area contributed by atoms with E-state index in [1.807, 2.05) is 0 Å². The summed E-state index contributed by atoms with van der Waals surface area (Å²) in [4.78, 5) is 0. The molecule has 1 rings (SSSR count). The van der Waals surface area contributed by atoms with E-state index in [0.29, 0.717) is 0 Å². The molecule has 0 amide bonds. The number of nitrogen functional groups attached to an aromatic ring is 1. The number of hydrogen-bond acceptors (Lipinski definition) is 4. The topological polar surface area (TPSA) is 92.5 Å². The van der Waals surface area contributed by atoms with Crippen molar-refractivity contribution < 1.29 is 23.4 Å². The van der Waals surface area contributed by atoms with Crippen LogP contribution in [0.15, 0.2) is 18.2 Å². The van der Waals surface area contributed by atoms with Crippen LogP contribution in [0.5, 0.6) is 0 Å². The minimum Gasteiger partial charge on any atom is -0.398 e. The average Bonchev–Trinajstić information content (AvgIpc) is 2.26. The summed E-state index contributed by atoms with van der Waals surface area (Å²) in [5.41, 5.74) is 9.17. The van der Waals surface area contributed by atoms with Crippen molar-refractivity contribution >= 4 is 5.69 Å². The molecule has 0 aliphatic heterocycles. The maximum atomic E-state index is 12.5. The lowest BCUT2D eigenvalue weighted by Crippen LogP contribution is -2.22. The highest BCUT2D eigenvalue weighted by molar-refractivity contribution is 5.51. The van der Waals surface area contributed by atoms with Crippen molar-refractivity contribution in [3.8, 4) is 0 Å². The molecule has 0 aromatic heterocycles. The molecular formula is C11H15F3N2O2. The second-order valence-electron chi connectivity index (χ2n) is 3.93. The molecule has 2 atom stereocenters. The molecule has 1 aromatic carbocycles. The van der Waals surface area contributed by atoms with Gasteiger partial charge in [-0.1, -0.05) is 6.07 Å². The molecule has 0 spiro atoms. The molecule has 0 aliphatic rings. The fourth-order valence-electron chi connectivity index (χ4n) is 1.57. The Kier molecular flexibility index (Phi) is 4.55. The Morgan fingerprint density at radius 2 is 1.83 bits per heavy atom. The molecule has 1 aromatic rings. The molecule has 0 radical (unpaired) electrons. The van der Waals surface area contributed by atoms with Crippen LogP contribution in [0.2, 0.25) is 0 Å². The second-order valence-corrected chi connectivity index (χ2v) is 3.93. The van der Waals surface area contributed by atoms with Gasteiger partial charge in [0.2, 0.25) is 0 Å². The summed E-state index contributed by atoms with van der Waals surface area (Å²) in [6.45, 7) is 0.161. The SMILES string of the molecule is NCCC(O)C(O)c1ccc(C(F)(F)F)c(N)c1. The van der Waals surface area contributed by atoms with Gasteiger partial charge in [0, 0.05) is 5.69 Å². The highest BCUT2D eigenvalue weighted by Crippen LogP contribution is 2.35. The number of aliphatic hydroxyl groups excluding tert-OH is 2. The molecular weight excluding hydrogens is 249 g/mol. The fraction of sp³-hybridized carbons (Fsp3) is 0.455. The number of aliphatic hydroxyl groups is 2. The zero-order chi connectivity index (χ0) is 13.9. The number of nitrogens with two attached hydrogens (primary N) is 2. The quantitative estimate of drug-likeness (QED) is 0.611. The van der Waals surface area contributed by atoms with Crippen molar-refractivity contribution in [2.24, 2.45) is 5.73 Å². The van der Waals surface area contributed by atoms with Gasteiger partial charge >= 0.3 is 6.18 Å². The average molecular weight is 264 g/mol. The Balaban J connectivity index is 2.97. The van der Waals surface area contributed by atoms with Crippen LogP contribution in [0.4, 0.5) is 18.9 Å². The molecule has 0 saturated carbocycles. The number of rotatable bonds is 4. The Morgan fingerprint density at radius 1 is 1.22 bits per heavy atom. The number of halogens is 3. The first-order valence-corrected chi connectivity index (χ1v) is 5.30. The summed E-state index contributed by atoms with van der Waals surface area (Å²) in [7, 11) is 0. The van der Waals surface area contributed by atoms with Crippen LogP contribution in [0, 0.1) is 0 Å². The zero-order valence-electron chi connectivity index (χ0n) is 9.48. The fourth-order valence-corrected chi connectivity index (χ4v) is 1.57. The van der Waals surface area contributed by atoms with Crippen molar-refractivity contribution in [1.82, 2.24) is 0 Å². The van der Waals surface area contributed by atoms with Gasteiger partial charge in [0.15, 0.2) is 0 Å². The van der Waals surface area contributed by atoms with E-state index in [1.54, 1.807) is 0 Å². The smallest absolute Gasteiger partial charge is 0.398 e. The monoisotopic (exact) mass is 264 g/mol. The molecule has 4 nitrogen and oxygen atoms in total. The maximum absolute atomic E-state index is 12.5. The third-order valence-corrected chi connectivity index (χ3v) is 2.55. The summed E-state index contributed by atoms with van der Waals surface area (Å²) >= 11 is 0. The second kappa shape index (κ2) is 5.55. The lowest BCUT2D eigenvalue weighted by atomic mass is 9.99. The van der Waals surface area contributed by atoms with E-state index in [2.05, 4.69) is 0 Å². The van der Waals surface area contributed by atoms with Crippen molar-refractivity contribution in [1.29, 1.82) is 0 Å². The molecule has 0 heterocycles. The molecule has 0 aliphatic carbocycles. The van der Waals surface area contributed by atoms with Gasteiger partial charge in [0.25, 0.3) is 0 Å². The van der Waals surface area contributed by atoms with E-state index in [4.69, 9.17) is 11.5 Å². The van der Waals surface area contributed by atoms with E-state index >= 15 is 0 Å². The summed E-state index contributed by atoms with van der Waals surface area (Å²) in [5.74, 6) is 0. The van der Waals surface area contributed by atoms with Gasteiger partial charge in [-0.15, -0.1) is 0 Å². The largest absolute Gasteiger partial charge is 0.418 e. The van der Waals surface area contributed by atoms with Crippen molar-refractivity contribution in [3.63, 3.8) is 0 Å². The first kappa shape index (κ1) is 14.7. The van der Waals surface area contributed by atoms with Crippen molar-refractivity contribution in [2.45, 2.75) is 24.8 Å². The number of alkyl halides is 3. The van der Waals surface area contributed by atoms with Gasteiger partial charge in [0.1, 0.15) is 6.10 Å². The van der Waals surface area contributed by atoms with Crippen LogP contribution < -0.4 is 11.5 Å². The summed E-state index contributed by atoms with van der Waals surface area (Å²) in [6.07, 6.45) is -6.84. The molecule has 0 fully saturated rings. The maximum Gasteiger partial charge on any atom is 0.418 e. The van der Waals surface area contributed by atoms with E-state index in [-0.39, 0.29) is 18.5 Å². The van der Waals surface area contributed by atoms with E-state index in [9.17, 15) is 23.4 Å². The summed E-state index contributed by atoms with van der Waals surface area (Å²) < 4.78 is 37.4. The molecule has 7 heteroatoms. The normalized spacial score (nSPS) is 15.4. The third kappa shape index (κ3) is 3.34. The minimum atomic E-state index is -4.54. The number of anilines is 1. The summed E-state index contributed by atoms with van der Waals surface area (Å²) in [5, 5.41) is 19.2. The zero-order valence-corrected chi connectivity index (χ0v) is 9.48. The van der Waals surface area contributed by atoms with Gasteiger partial charge in [-0.05, 0) is 30.7 Å². The third-order valence-electron chi connectivity index (χ3n) is 2.55. The van der Waals surface area contributed by atoms with E-state index in [0.717, 1.165) is 18.2 Å². The van der Waals surface area contributed by atoms with Crippen LogP contribution in [-0.2, 0) is 6.18 Å². The lowest BCUT2D eigenvalue weighted by Gasteiger charge is -2.19. The van der Waals surface area contributed by atoms with Crippen LogP contribution >= 0.6 is 0 Å². The van der Waals surface area contributed by atoms with Crippen LogP contribution in [0.25, 0.3) is 0 Å². The van der Waals surface area contributed by atoms with Crippen molar-refractivity contribution in [3.05, 3.63) is 29.3 Å². The first-order valence-electron chi connectivity index (χ1n) is 5.30. The van der Waals surface area contributed by atoms with Gasteiger partial charge < -0.3 is 21.7 Å². The minimum absolute atomic E-state index is 0.126. The predicted octanol–water partition coefficient (Wildman–Crippen LogP) is 1.03.